The second kappa shape index (κ2) is 4.21. The summed E-state index contributed by atoms with van der Waals surface area (Å²) >= 11 is 4.99. The lowest BCUT2D eigenvalue weighted by Crippen LogP contribution is -2.13. The Morgan fingerprint density at radius 1 is 1.57 bits per heavy atom. The summed E-state index contributed by atoms with van der Waals surface area (Å²) in [6, 6.07) is 5.30. The first kappa shape index (κ1) is 10.5. The molecule has 1 nitrogen and oxygen atoms in total. The highest BCUT2D eigenvalue weighted by Gasteiger charge is 2.22. The topological polar surface area (TPSA) is 12.0 Å². The zero-order valence-electron chi connectivity index (χ0n) is 7.76. The third-order valence-corrected chi connectivity index (χ3v) is 4.19. The summed E-state index contributed by atoms with van der Waals surface area (Å²) in [5.41, 5.74) is 1.01. The molecule has 76 valence electrons. The number of benzene rings is 1. The third-order valence-electron chi connectivity index (χ3n) is 2.21. The Labute approximate surface area is 95.6 Å². The maximum Gasteiger partial charge on any atom is 0.137 e. The first-order valence-electron chi connectivity index (χ1n) is 4.50. The molecule has 0 saturated carbocycles. The van der Waals surface area contributed by atoms with Crippen molar-refractivity contribution in [2.45, 2.75) is 17.5 Å². The predicted molar refractivity (Wildman–Crippen MR) is 61.9 cm³/mol. The second-order valence-electron chi connectivity index (χ2n) is 3.41. The van der Waals surface area contributed by atoms with Gasteiger partial charge in [0.25, 0.3) is 0 Å². The molecule has 0 aliphatic carbocycles. The van der Waals surface area contributed by atoms with Gasteiger partial charge in [-0.25, -0.2) is 4.39 Å². The average molecular weight is 276 g/mol. The molecule has 1 aromatic carbocycles. The van der Waals surface area contributed by atoms with Gasteiger partial charge in [0.15, 0.2) is 0 Å². The summed E-state index contributed by atoms with van der Waals surface area (Å²) in [6.07, 6.45) is 0. The van der Waals surface area contributed by atoms with E-state index in [-0.39, 0.29) is 11.2 Å². The van der Waals surface area contributed by atoms with Crippen LogP contribution in [0.2, 0.25) is 0 Å². The van der Waals surface area contributed by atoms with Gasteiger partial charge in [-0.2, -0.15) is 0 Å². The van der Waals surface area contributed by atoms with Crippen molar-refractivity contribution in [3.8, 4) is 0 Å². The number of halogens is 2. The van der Waals surface area contributed by atoms with E-state index in [1.807, 2.05) is 17.8 Å². The fourth-order valence-electron chi connectivity index (χ4n) is 1.47. The van der Waals surface area contributed by atoms with Crippen LogP contribution in [0.5, 0.6) is 0 Å². The van der Waals surface area contributed by atoms with Crippen LogP contribution in [0.3, 0.4) is 0 Å². The van der Waals surface area contributed by atoms with Crippen LogP contribution in [-0.4, -0.2) is 11.8 Å². The summed E-state index contributed by atoms with van der Waals surface area (Å²) in [7, 11) is 0. The molecule has 1 fully saturated rings. The van der Waals surface area contributed by atoms with Crippen LogP contribution in [0.15, 0.2) is 22.7 Å². The molecule has 0 bridgehead atoms. The Morgan fingerprint density at radius 3 is 2.93 bits per heavy atom. The van der Waals surface area contributed by atoms with Gasteiger partial charge in [0.05, 0.1) is 9.85 Å². The SMILES string of the molecule is CC1CNC(c2ccc(Br)c(F)c2)S1. The lowest BCUT2D eigenvalue weighted by atomic mass is 10.2. The molecule has 2 atom stereocenters. The van der Waals surface area contributed by atoms with Crippen molar-refractivity contribution in [2.75, 3.05) is 6.54 Å². The maximum absolute atomic E-state index is 13.2. The maximum atomic E-state index is 13.2. The molecule has 14 heavy (non-hydrogen) atoms. The van der Waals surface area contributed by atoms with Gasteiger partial charge in [0.1, 0.15) is 5.82 Å². The normalized spacial score (nSPS) is 26.8. The van der Waals surface area contributed by atoms with Crippen LogP contribution >= 0.6 is 27.7 Å². The highest BCUT2D eigenvalue weighted by molar-refractivity contribution is 9.10. The van der Waals surface area contributed by atoms with E-state index in [9.17, 15) is 4.39 Å². The van der Waals surface area contributed by atoms with Crippen molar-refractivity contribution in [3.05, 3.63) is 34.1 Å². The molecule has 4 heteroatoms. The van der Waals surface area contributed by atoms with E-state index in [1.165, 1.54) is 0 Å². The number of hydrogen-bond donors (Lipinski definition) is 1. The van der Waals surface area contributed by atoms with Gasteiger partial charge in [-0.15, -0.1) is 11.8 Å². The lowest BCUT2D eigenvalue weighted by Gasteiger charge is -2.10. The van der Waals surface area contributed by atoms with Crippen LogP contribution in [0.25, 0.3) is 0 Å². The number of hydrogen-bond acceptors (Lipinski definition) is 2. The summed E-state index contributed by atoms with van der Waals surface area (Å²) in [6.45, 7) is 3.17. The molecule has 1 aliphatic heterocycles. The molecule has 0 spiro atoms. The van der Waals surface area contributed by atoms with Gasteiger partial charge in [0, 0.05) is 11.8 Å². The van der Waals surface area contributed by atoms with Crippen molar-refractivity contribution in [1.82, 2.24) is 5.32 Å². The lowest BCUT2D eigenvalue weighted by molar-refractivity contribution is 0.615. The van der Waals surface area contributed by atoms with E-state index in [0.29, 0.717) is 9.72 Å². The Hall–Kier alpha value is -0.0600. The Kier molecular flexibility index (Phi) is 3.14. The van der Waals surface area contributed by atoms with Crippen LogP contribution < -0.4 is 5.32 Å². The zero-order valence-corrected chi connectivity index (χ0v) is 10.2. The Bertz CT molecular complexity index is 345. The summed E-state index contributed by atoms with van der Waals surface area (Å²) in [5, 5.41) is 4.20. The van der Waals surface area contributed by atoms with Gasteiger partial charge in [-0.05, 0) is 33.6 Å². The molecular weight excluding hydrogens is 265 g/mol. The van der Waals surface area contributed by atoms with Crippen LogP contribution in [0.1, 0.15) is 17.9 Å². The Morgan fingerprint density at radius 2 is 2.36 bits per heavy atom. The predicted octanol–water partition coefficient (Wildman–Crippen LogP) is 3.31. The van der Waals surface area contributed by atoms with Gasteiger partial charge in [-0.3, -0.25) is 0 Å². The van der Waals surface area contributed by atoms with E-state index in [4.69, 9.17) is 0 Å². The largest absolute Gasteiger partial charge is 0.301 e. The molecule has 1 aromatic rings. The molecule has 1 saturated heterocycles. The highest BCUT2D eigenvalue weighted by atomic mass is 79.9. The van der Waals surface area contributed by atoms with E-state index in [2.05, 4.69) is 28.2 Å². The molecule has 1 heterocycles. The minimum Gasteiger partial charge on any atom is -0.301 e. The van der Waals surface area contributed by atoms with Gasteiger partial charge >= 0.3 is 0 Å². The molecule has 0 aromatic heterocycles. The highest BCUT2D eigenvalue weighted by Crippen LogP contribution is 2.35. The van der Waals surface area contributed by atoms with Crippen LogP contribution in [0.4, 0.5) is 4.39 Å². The molecule has 1 aliphatic rings. The van der Waals surface area contributed by atoms with Crippen LogP contribution in [0, 0.1) is 5.82 Å². The minimum absolute atomic E-state index is 0.190. The van der Waals surface area contributed by atoms with Crippen molar-refractivity contribution < 1.29 is 4.39 Å². The van der Waals surface area contributed by atoms with Crippen molar-refractivity contribution >= 4 is 27.7 Å². The minimum atomic E-state index is -0.190. The monoisotopic (exact) mass is 275 g/mol. The molecule has 2 rings (SSSR count). The summed E-state index contributed by atoms with van der Waals surface area (Å²) in [4.78, 5) is 0. The van der Waals surface area contributed by atoms with Gasteiger partial charge in [-0.1, -0.05) is 13.0 Å². The first-order valence-corrected chi connectivity index (χ1v) is 6.24. The van der Waals surface area contributed by atoms with E-state index >= 15 is 0 Å². The zero-order chi connectivity index (χ0) is 10.1. The molecule has 2 unspecified atom stereocenters. The number of nitrogens with one attached hydrogen (secondary N) is 1. The Balaban J connectivity index is 2.20. The van der Waals surface area contributed by atoms with Gasteiger partial charge in [0.2, 0.25) is 0 Å². The van der Waals surface area contributed by atoms with E-state index in [1.54, 1.807) is 12.1 Å². The number of thioether (sulfide) groups is 1. The van der Waals surface area contributed by atoms with Crippen molar-refractivity contribution in [2.24, 2.45) is 0 Å². The quantitative estimate of drug-likeness (QED) is 0.844. The smallest absolute Gasteiger partial charge is 0.137 e. The number of rotatable bonds is 1. The van der Waals surface area contributed by atoms with Crippen LogP contribution in [-0.2, 0) is 0 Å². The van der Waals surface area contributed by atoms with E-state index < -0.39 is 0 Å². The fourth-order valence-corrected chi connectivity index (χ4v) is 2.87. The van der Waals surface area contributed by atoms with Crippen molar-refractivity contribution in [3.63, 3.8) is 0 Å². The molecular formula is C10H11BrFNS. The third kappa shape index (κ3) is 2.12. The molecule has 0 amide bonds. The standard InChI is InChI=1S/C10H11BrFNS/c1-6-5-13-10(14-6)7-2-3-8(11)9(12)4-7/h2-4,6,10,13H,5H2,1H3. The first-order chi connectivity index (χ1) is 6.66. The second-order valence-corrected chi connectivity index (χ2v) is 5.81. The van der Waals surface area contributed by atoms with E-state index in [0.717, 1.165) is 12.1 Å². The summed E-state index contributed by atoms with van der Waals surface area (Å²) in [5.74, 6) is -0.190. The molecule has 1 N–H and O–H groups in total. The average Bonchev–Trinajstić information content (AvgIpc) is 2.57. The fraction of sp³-hybridized carbons (Fsp3) is 0.400. The molecule has 0 radical (unpaired) electrons. The summed E-state index contributed by atoms with van der Waals surface area (Å²) < 4.78 is 13.8. The van der Waals surface area contributed by atoms with Gasteiger partial charge < -0.3 is 5.32 Å². The van der Waals surface area contributed by atoms with Crippen molar-refractivity contribution in [1.29, 1.82) is 0 Å².